The minimum atomic E-state index is -1.99. The highest BCUT2D eigenvalue weighted by molar-refractivity contribution is 7.08. The van der Waals surface area contributed by atoms with Gasteiger partial charge in [0.15, 0.2) is 0 Å². The van der Waals surface area contributed by atoms with Gasteiger partial charge in [0.05, 0.1) is 0 Å². The monoisotopic (exact) mass is 260 g/mol. The minimum absolute atomic E-state index is 0.338. The minimum Gasteiger partial charge on any atom is -0.462 e. The lowest BCUT2D eigenvalue weighted by atomic mass is 10.0. The number of ether oxygens (including phenoxy) is 2. The first-order chi connectivity index (χ1) is 7.94. The third kappa shape index (κ3) is 4.14. The lowest BCUT2D eigenvalue weighted by Gasteiger charge is -2.23. The Morgan fingerprint density at radius 3 is 2.18 bits per heavy atom. The fraction of sp³-hybridized carbons (Fsp3) is 0.455. The first kappa shape index (κ1) is 13.6. The molecule has 0 aromatic carbocycles. The summed E-state index contributed by atoms with van der Waals surface area (Å²) in [5.74, 6) is -1.16. The van der Waals surface area contributed by atoms with Crippen LogP contribution in [0.25, 0.3) is 0 Å². The molecule has 1 rings (SSSR count). The van der Waals surface area contributed by atoms with Crippen molar-refractivity contribution in [2.45, 2.75) is 19.5 Å². The average molecular weight is 260 g/mol. The maximum Gasteiger partial charge on any atom is 0.302 e. The number of hydrogen-bond acceptors (Lipinski definition) is 5. The lowest BCUT2D eigenvalue weighted by Crippen LogP contribution is -2.33. The molecule has 94 valence electrons. The second-order valence-electron chi connectivity index (χ2n) is 3.54. The third-order valence-corrected chi connectivity index (χ3v) is 2.73. The quantitative estimate of drug-likeness (QED) is 0.760. The SMILES string of the molecule is CC(=O)OCC(F)(COC(C)=O)c1ccsc1. The highest BCUT2D eigenvalue weighted by Crippen LogP contribution is 2.29. The number of alkyl halides is 1. The molecule has 0 unspecified atom stereocenters. The molecule has 0 saturated carbocycles. The molecule has 0 spiro atoms. The number of carbonyl (C=O) groups excluding carboxylic acids is 2. The van der Waals surface area contributed by atoms with Crippen LogP contribution in [-0.4, -0.2) is 25.2 Å². The van der Waals surface area contributed by atoms with E-state index in [1.165, 1.54) is 25.2 Å². The van der Waals surface area contributed by atoms with E-state index < -0.39 is 30.8 Å². The highest BCUT2D eigenvalue weighted by Gasteiger charge is 2.35. The normalized spacial score (nSPS) is 11.0. The summed E-state index contributed by atoms with van der Waals surface area (Å²) in [5, 5.41) is 3.29. The Balaban J connectivity index is 2.76. The Labute approximate surface area is 102 Å². The average Bonchev–Trinajstić information content (AvgIpc) is 2.77. The summed E-state index contributed by atoms with van der Waals surface area (Å²) in [4.78, 5) is 21.4. The van der Waals surface area contributed by atoms with Crippen LogP contribution in [0.4, 0.5) is 4.39 Å². The zero-order chi connectivity index (χ0) is 12.9. The molecule has 0 radical (unpaired) electrons. The van der Waals surface area contributed by atoms with Crippen LogP contribution >= 0.6 is 11.3 Å². The Hall–Kier alpha value is -1.43. The first-order valence-electron chi connectivity index (χ1n) is 4.92. The van der Waals surface area contributed by atoms with Crippen molar-refractivity contribution in [3.63, 3.8) is 0 Å². The van der Waals surface area contributed by atoms with Crippen LogP contribution in [0.2, 0.25) is 0 Å². The van der Waals surface area contributed by atoms with Gasteiger partial charge in [0.2, 0.25) is 5.67 Å². The molecule has 0 atom stereocenters. The summed E-state index contributed by atoms with van der Waals surface area (Å²) >= 11 is 1.31. The molecule has 1 aromatic rings. The van der Waals surface area contributed by atoms with E-state index in [-0.39, 0.29) is 0 Å². The molecule has 0 aliphatic rings. The molecule has 1 aromatic heterocycles. The van der Waals surface area contributed by atoms with Gasteiger partial charge in [-0.15, -0.1) is 0 Å². The fourth-order valence-electron chi connectivity index (χ4n) is 1.16. The smallest absolute Gasteiger partial charge is 0.302 e. The van der Waals surface area contributed by atoms with Crippen molar-refractivity contribution >= 4 is 23.3 Å². The number of carbonyl (C=O) groups is 2. The number of esters is 2. The summed E-state index contributed by atoms with van der Waals surface area (Å²) in [6, 6.07) is 1.57. The number of thiophene rings is 1. The molecule has 6 heteroatoms. The van der Waals surface area contributed by atoms with Crippen molar-refractivity contribution in [2.75, 3.05) is 13.2 Å². The molecule has 0 aliphatic carbocycles. The summed E-state index contributed by atoms with van der Waals surface area (Å²) < 4.78 is 23.9. The van der Waals surface area contributed by atoms with Crippen LogP contribution in [0.1, 0.15) is 19.4 Å². The van der Waals surface area contributed by atoms with Crippen LogP contribution in [0, 0.1) is 0 Å². The van der Waals surface area contributed by atoms with E-state index in [0.29, 0.717) is 5.56 Å². The number of rotatable bonds is 5. The van der Waals surface area contributed by atoms with Crippen molar-refractivity contribution in [3.05, 3.63) is 22.4 Å². The summed E-state index contributed by atoms with van der Waals surface area (Å²) in [5.41, 5.74) is -1.65. The van der Waals surface area contributed by atoms with Crippen molar-refractivity contribution in [2.24, 2.45) is 0 Å². The van der Waals surface area contributed by atoms with Crippen molar-refractivity contribution in [1.82, 2.24) is 0 Å². The maximum atomic E-state index is 14.5. The van der Waals surface area contributed by atoms with Gasteiger partial charge in [0.1, 0.15) is 13.2 Å². The predicted octanol–water partition coefficient (Wildman–Crippen LogP) is 2.04. The molecule has 0 saturated heterocycles. The van der Waals surface area contributed by atoms with E-state index in [1.54, 1.807) is 16.8 Å². The highest BCUT2D eigenvalue weighted by atomic mass is 32.1. The van der Waals surface area contributed by atoms with Gasteiger partial charge in [-0.05, 0) is 16.8 Å². The fourth-order valence-corrected chi connectivity index (χ4v) is 1.90. The molecule has 17 heavy (non-hydrogen) atoms. The third-order valence-electron chi connectivity index (χ3n) is 2.05. The Morgan fingerprint density at radius 1 is 1.29 bits per heavy atom. The zero-order valence-electron chi connectivity index (χ0n) is 9.57. The Bertz CT molecular complexity index is 370. The zero-order valence-corrected chi connectivity index (χ0v) is 10.4. The van der Waals surface area contributed by atoms with Gasteiger partial charge in [-0.3, -0.25) is 9.59 Å². The van der Waals surface area contributed by atoms with Crippen molar-refractivity contribution in [3.8, 4) is 0 Å². The summed E-state index contributed by atoms with van der Waals surface area (Å²) in [6.07, 6.45) is 0. The molecule has 0 amide bonds. The van der Waals surface area contributed by atoms with Gasteiger partial charge in [0, 0.05) is 19.4 Å². The predicted molar refractivity (Wildman–Crippen MR) is 60.4 cm³/mol. The van der Waals surface area contributed by atoms with E-state index in [1.807, 2.05) is 0 Å². The largest absolute Gasteiger partial charge is 0.462 e. The van der Waals surface area contributed by atoms with Crippen LogP contribution in [0.15, 0.2) is 16.8 Å². The molecular formula is C11H13FO4S. The van der Waals surface area contributed by atoms with E-state index in [0.717, 1.165) is 0 Å². The van der Waals surface area contributed by atoms with Crippen molar-refractivity contribution < 1.29 is 23.5 Å². The van der Waals surface area contributed by atoms with Gasteiger partial charge < -0.3 is 9.47 Å². The first-order valence-corrected chi connectivity index (χ1v) is 5.86. The maximum absolute atomic E-state index is 14.5. The lowest BCUT2D eigenvalue weighted by molar-refractivity contribution is -0.153. The van der Waals surface area contributed by atoms with Gasteiger partial charge in [-0.2, -0.15) is 11.3 Å². The number of hydrogen-bond donors (Lipinski definition) is 0. The standard InChI is InChI=1S/C11H13FO4S/c1-8(13)15-6-11(12,7-16-9(2)14)10-3-4-17-5-10/h3-5H,6-7H2,1-2H3. The molecule has 0 aliphatic heterocycles. The topological polar surface area (TPSA) is 52.6 Å². The van der Waals surface area contributed by atoms with E-state index >= 15 is 0 Å². The van der Waals surface area contributed by atoms with Gasteiger partial charge >= 0.3 is 11.9 Å². The van der Waals surface area contributed by atoms with E-state index in [4.69, 9.17) is 0 Å². The van der Waals surface area contributed by atoms with Gasteiger partial charge in [-0.25, -0.2) is 4.39 Å². The van der Waals surface area contributed by atoms with E-state index in [9.17, 15) is 14.0 Å². The number of halogens is 1. The van der Waals surface area contributed by atoms with Crippen molar-refractivity contribution in [1.29, 1.82) is 0 Å². The summed E-state index contributed by atoms with van der Waals surface area (Å²) in [6.45, 7) is 1.46. The van der Waals surface area contributed by atoms with Crippen LogP contribution < -0.4 is 0 Å². The Kier molecular flexibility index (Phi) is 4.62. The molecule has 4 nitrogen and oxygen atoms in total. The summed E-state index contributed by atoms with van der Waals surface area (Å²) in [7, 11) is 0. The molecule has 0 N–H and O–H groups in total. The van der Waals surface area contributed by atoms with Crippen LogP contribution in [-0.2, 0) is 24.7 Å². The second kappa shape index (κ2) is 5.77. The molecular weight excluding hydrogens is 247 g/mol. The van der Waals surface area contributed by atoms with Gasteiger partial charge in [0.25, 0.3) is 0 Å². The Morgan fingerprint density at radius 2 is 1.82 bits per heavy atom. The second-order valence-corrected chi connectivity index (χ2v) is 4.32. The molecule has 1 heterocycles. The van der Waals surface area contributed by atoms with E-state index in [2.05, 4.69) is 9.47 Å². The molecule has 0 bridgehead atoms. The van der Waals surface area contributed by atoms with Crippen LogP contribution in [0.3, 0.4) is 0 Å². The molecule has 0 fully saturated rings. The van der Waals surface area contributed by atoms with Crippen LogP contribution in [0.5, 0.6) is 0 Å². The van der Waals surface area contributed by atoms with Gasteiger partial charge in [-0.1, -0.05) is 0 Å².